The highest BCUT2D eigenvalue weighted by atomic mass is 35.5. The molecule has 1 aromatic carbocycles. The molecule has 6 heteroatoms. The van der Waals surface area contributed by atoms with Crippen LogP contribution in [0.5, 0.6) is 5.75 Å². The molecule has 0 spiro atoms. The number of carbonyl (C=O) groups excluding carboxylic acids is 1. The summed E-state index contributed by atoms with van der Waals surface area (Å²) in [6, 6.07) is 5.02. The molecule has 0 heterocycles. The van der Waals surface area contributed by atoms with Crippen LogP contribution in [-0.2, 0) is 16.1 Å². The second kappa shape index (κ2) is 8.74. The summed E-state index contributed by atoms with van der Waals surface area (Å²) >= 11 is 5.91. The molecule has 0 aromatic heterocycles. The van der Waals surface area contributed by atoms with Crippen molar-refractivity contribution in [2.75, 3.05) is 26.9 Å². The van der Waals surface area contributed by atoms with Crippen LogP contribution < -0.4 is 10.1 Å². The van der Waals surface area contributed by atoms with E-state index in [1.54, 1.807) is 25.3 Å². The zero-order valence-electron chi connectivity index (χ0n) is 10.8. The molecular formula is C13H18ClNO4. The third kappa shape index (κ3) is 5.46. The lowest BCUT2D eigenvalue weighted by Gasteiger charge is -2.11. The van der Waals surface area contributed by atoms with Crippen molar-refractivity contribution in [1.29, 1.82) is 0 Å². The Labute approximate surface area is 117 Å². The average molecular weight is 288 g/mol. The van der Waals surface area contributed by atoms with Gasteiger partial charge in [0.2, 0.25) is 0 Å². The van der Waals surface area contributed by atoms with E-state index in [0.717, 1.165) is 6.42 Å². The van der Waals surface area contributed by atoms with Gasteiger partial charge in [-0.3, -0.25) is 4.79 Å². The van der Waals surface area contributed by atoms with Gasteiger partial charge in [0.15, 0.2) is 6.61 Å². The third-order valence-electron chi connectivity index (χ3n) is 2.44. The summed E-state index contributed by atoms with van der Waals surface area (Å²) in [5, 5.41) is 12.3. The summed E-state index contributed by atoms with van der Waals surface area (Å²) in [6.07, 6.45) is 0.751. The Bertz CT molecular complexity index is 412. The van der Waals surface area contributed by atoms with Crippen LogP contribution in [0, 0.1) is 0 Å². The lowest BCUT2D eigenvalue weighted by Crippen LogP contribution is -2.30. The van der Waals surface area contributed by atoms with E-state index < -0.39 is 0 Å². The molecule has 19 heavy (non-hydrogen) atoms. The van der Waals surface area contributed by atoms with Crippen LogP contribution in [0.4, 0.5) is 0 Å². The standard InChI is InChI=1S/C13H18ClNO4/c1-18-7-3-6-15-13(17)9-19-12-5-2-4-11(14)10(12)8-16/h2,4-5,16H,3,6-9H2,1H3,(H,15,17). The van der Waals surface area contributed by atoms with E-state index in [4.69, 9.17) is 21.1 Å². The SMILES string of the molecule is COCCCNC(=O)COc1cccc(Cl)c1CO. The van der Waals surface area contributed by atoms with Crippen molar-refractivity contribution in [2.24, 2.45) is 0 Å². The smallest absolute Gasteiger partial charge is 0.257 e. The number of rotatable bonds is 8. The molecule has 0 aliphatic rings. The van der Waals surface area contributed by atoms with Crippen LogP contribution in [0.1, 0.15) is 12.0 Å². The topological polar surface area (TPSA) is 67.8 Å². The summed E-state index contributed by atoms with van der Waals surface area (Å²) in [5.74, 6) is 0.196. The van der Waals surface area contributed by atoms with Gasteiger partial charge in [-0.05, 0) is 18.6 Å². The molecule has 106 valence electrons. The number of methoxy groups -OCH3 is 1. The maximum absolute atomic E-state index is 11.5. The van der Waals surface area contributed by atoms with Gasteiger partial charge in [0.05, 0.1) is 6.61 Å². The molecule has 5 nitrogen and oxygen atoms in total. The van der Waals surface area contributed by atoms with Crippen molar-refractivity contribution in [1.82, 2.24) is 5.32 Å². The number of aliphatic hydroxyl groups is 1. The largest absolute Gasteiger partial charge is 0.483 e. The molecule has 0 unspecified atom stereocenters. The molecule has 0 fully saturated rings. The van der Waals surface area contributed by atoms with E-state index in [9.17, 15) is 9.90 Å². The molecule has 0 aliphatic heterocycles. The van der Waals surface area contributed by atoms with E-state index in [-0.39, 0.29) is 19.1 Å². The number of hydrogen-bond acceptors (Lipinski definition) is 4. The minimum absolute atomic E-state index is 0.111. The molecule has 0 saturated carbocycles. The van der Waals surface area contributed by atoms with Gasteiger partial charge >= 0.3 is 0 Å². The van der Waals surface area contributed by atoms with Gasteiger partial charge < -0.3 is 19.9 Å². The Balaban J connectivity index is 2.40. The molecule has 0 atom stereocenters. The highest BCUT2D eigenvalue weighted by molar-refractivity contribution is 6.31. The fraction of sp³-hybridized carbons (Fsp3) is 0.462. The predicted octanol–water partition coefficient (Wildman–Crippen LogP) is 1.36. The minimum atomic E-state index is -0.232. The number of carbonyl (C=O) groups is 1. The summed E-state index contributed by atoms with van der Waals surface area (Å²) < 4.78 is 10.2. The van der Waals surface area contributed by atoms with Gasteiger partial charge in [0, 0.05) is 30.8 Å². The van der Waals surface area contributed by atoms with Gasteiger partial charge in [-0.1, -0.05) is 17.7 Å². The number of halogens is 1. The molecule has 1 amide bonds. The highest BCUT2D eigenvalue weighted by Gasteiger charge is 2.09. The molecule has 0 radical (unpaired) electrons. The normalized spacial score (nSPS) is 10.3. The van der Waals surface area contributed by atoms with Crippen LogP contribution in [0.3, 0.4) is 0 Å². The molecule has 0 aliphatic carbocycles. The first-order chi connectivity index (χ1) is 9.19. The summed E-state index contributed by atoms with van der Waals surface area (Å²) in [6.45, 7) is 0.799. The molecule has 2 N–H and O–H groups in total. The monoisotopic (exact) mass is 287 g/mol. The van der Waals surface area contributed by atoms with Crippen LogP contribution in [-0.4, -0.2) is 37.9 Å². The fourth-order valence-electron chi connectivity index (χ4n) is 1.47. The van der Waals surface area contributed by atoms with Crippen LogP contribution in [0.25, 0.3) is 0 Å². The van der Waals surface area contributed by atoms with Crippen molar-refractivity contribution >= 4 is 17.5 Å². The van der Waals surface area contributed by atoms with Gasteiger partial charge in [0.1, 0.15) is 5.75 Å². The lowest BCUT2D eigenvalue weighted by atomic mass is 10.2. The zero-order valence-corrected chi connectivity index (χ0v) is 11.6. The first-order valence-corrected chi connectivity index (χ1v) is 6.33. The number of ether oxygens (including phenoxy) is 2. The number of hydrogen-bond donors (Lipinski definition) is 2. The number of nitrogens with one attached hydrogen (secondary N) is 1. The van der Waals surface area contributed by atoms with Gasteiger partial charge in [0.25, 0.3) is 5.91 Å². The molecule has 1 aromatic rings. The van der Waals surface area contributed by atoms with Crippen molar-refractivity contribution in [3.8, 4) is 5.75 Å². The van der Waals surface area contributed by atoms with Gasteiger partial charge in [-0.25, -0.2) is 0 Å². The first kappa shape index (κ1) is 15.8. The summed E-state index contributed by atoms with van der Waals surface area (Å²) in [7, 11) is 1.61. The van der Waals surface area contributed by atoms with Crippen molar-refractivity contribution in [2.45, 2.75) is 13.0 Å². The van der Waals surface area contributed by atoms with Crippen LogP contribution in [0.15, 0.2) is 18.2 Å². The maximum atomic E-state index is 11.5. The first-order valence-electron chi connectivity index (χ1n) is 5.95. The van der Waals surface area contributed by atoms with E-state index in [1.807, 2.05) is 0 Å². The number of aliphatic hydroxyl groups excluding tert-OH is 1. The van der Waals surface area contributed by atoms with Gasteiger partial charge in [-0.15, -0.1) is 0 Å². The molecule has 1 rings (SSSR count). The summed E-state index contributed by atoms with van der Waals surface area (Å²) in [4.78, 5) is 11.5. The number of amides is 1. The van der Waals surface area contributed by atoms with Crippen molar-refractivity contribution in [3.63, 3.8) is 0 Å². The van der Waals surface area contributed by atoms with Crippen molar-refractivity contribution in [3.05, 3.63) is 28.8 Å². The van der Waals surface area contributed by atoms with E-state index >= 15 is 0 Å². The number of benzene rings is 1. The Morgan fingerprint density at radius 1 is 1.47 bits per heavy atom. The highest BCUT2D eigenvalue weighted by Crippen LogP contribution is 2.26. The molecule has 0 bridgehead atoms. The minimum Gasteiger partial charge on any atom is -0.483 e. The van der Waals surface area contributed by atoms with Crippen LogP contribution >= 0.6 is 11.6 Å². The van der Waals surface area contributed by atoms with E-state index in [1.165, 1.54) is 0 Å². The molecule has 0 saturated heterocycles. The second-order valence-electron chi connectivity index (χ2n) is 3.86. The maximum Gasteiger partial charge on any atom is 0.257 e. The summed E-state index contributed by atoms with van der Waals surface area (Å²) in [5.41, 5.74) is 0.483. The Hall–Kier alpha value is -1.30. The second-order valence-corrected chi connectivity index (χ2v) is 4.27. The van der Waals surface area contributed by atoms with Crippen LogP contribution in [0.2, 0.25) is 5.02 Å². The Kier molecular flexibility index (Phi) is 7.25. The third-order valence-corrected chi connectivity index (χ3v) is 2.79. The molecular weight excluding hydrogens is 270 g/mol. The lowest BCUT2D eigenvalue weighted by molar-refractivity contribution is -0.123. The zero-order chi connectivity index (χ0) is 14.1. The van der Waals surface area contributed by atoms with Gasteiger partial charge in [-0.2, -0.15) is 0 Å². The van der Waals surface area contributed by atoms with Crippen molar-refractivity contribution < 1.29 is 19.4 Å². The quantitative estimate of drug-likeness (QED) is 0.709. The Morgan fingerprint density at radius 3 is 2.95 bits per heavy atom. The van der Waals surface area contributed by atoms with E-state index in [2.05, 4.69) is 5.32 Å². The predicted molar refractivity (Wildman–Crippen MR) is 72.4 cm³/mol. The van der Waals surface area contributed by atoms with E-state index in [0.29, 0.717) is 29.5 Å². The fourth-order valence-corrected chi connectivity index (χ4v) is 1.69. The Morgan fingerprint density at radius 2 is 2.26 bits per heavy atom. The average Bonchev–Trinajstić information content (AvgIpc) is 2.41.